The number of ether oxygens (including phenoxy) is 2. The van der Waals surface area contributed by atoms with Gasteiger partial charge in [0.05, 0.1) is 18.5 Å². The molecule has 2 unspecified atom stereocenters. The van der Waals surface area contributed by atoms with Crippen molar-refractivity contribution >= 4 is 16.0 Å². The van der Waals surface area contributed by atoms with Crippen LogP contribution >= 0.6 is 0 Å². The molecular formula is C13H23N3O5S. The number of sulfonamides is 1. The van der Waals surface area contributed by atoms with Crippen LogP contribution in [0.25, 0.3) is 0 Å². The molecule has 2 heterocycles. The Balaban J connectivity index is 2.02. The standard InChI is InChI=1S/C13H23N3O5S/c1-13(2,3)11-14-12(15-21-11)16-22(17,18)8-10(19-4)9-5-6-20-7-9/h9-10H,5-8H2,1-4H3,(H,15,16). The van der Waals surface area contributed by atoms with Crippen LogP contribution in [0.2, 0.25) is 0 Å². The van der Waals surface area contributed by atoms with Crippen LogP contribution in [0.1, 0.15) is 33.1 Å². The fourth-order valence-corrected chi connectivity index (χ4v) is 3.49. The third-order valence-corrected chi connectivity index (χ3v) is 4.75. The molecule has 22 heavy (non-hydrogen) atoms. The molecule has 1 N–H and O–H groups in total. The lowest BCUT2D eigenvalue weighted by Crippen LogP contribution is -2.34. The second-order valence-electron chi connectivity index (χ2n) is 6.45. The summed E-state index contributed by atoms with van der Waals surface area (Å²) < 4.78 is 42.4. The quantitative estimate of drug-likeness (QED) is 0.833. The minimum absolute atomic E-state index is 0.0533. The van der Waals surface area contributed by atoms with Gasteiger partial charge in [-0.2, -0.15) is 4.98 Å². The summed E-state index contributed by atoms with van der Waals surface area (Å²) in [6.45, 7) is 6.86. The Labute approximate surface area is 130 Å². The van der Waals surface area contributed by atoms with Crippen molar-refractivity contribution in [3.8, 4) is 0 Å². The molecule has 0 radical (unpaired) electrons. The van der Waals surface area contributed by atoms with E-state index in [1.807, 2.05) is 20.8 Å². The number of hydrogen-bond acceptors (Lipinski definition) is 7. The van der Waals surface area contributed by atoms with Crippen molar-refractivity contribution in [2.75, 3.05) is 30.8 Å². The molecule has 126 valence electrons. The number of nitrogens with one attached hydrogen (secondary N) is 1. The van der Waals surface area contributed by atoms with Crippen molar-refractivity contribution in [1.29, 1.82) is 0 Å². The molecule has 0 aromatic carbocycles. The third kappa shape index (κ3) is 4.40. The van der Waals surface area contributed by atoms with E-state index in [4.69, 9.17) is 14.0 Å². The van der Waals surface area contributed by atoms with Gasteiger partial charge >= 0.3 is 0 Å². The van der Waals surface area contributed by atoms with Gasteiger partial charge in [0.15, 0.2) is 0 Å². The average Bonchev–Trinajstić information content (AvgIpc) is 3.05. The fraction of sp³-hybridized carbons (Fsp3) is 0.846. The zero-order valence-corrected chi connectivity index (χ0v) is 14.1. The van der Waals surface area contributed by atoms with Gasteiger partial charge in [-0.1, -0.05) is 20.8 Å². The Kier molecular flexibility index (Phi) is 5.08. The first-order chi connectivity index (χ1) is 10.2. The maximum absolute atomic E-state index is 12.2. The Morgan fingerprint density at radius 2 is 2.18 bits per heavy atom. The van der Waals surface area contributed by atoms with E-state index in [1.165, 1.54) is 7.11 Å². The Morgan fingerprint density at radius 3 is 2.68 bits per heavy atom. The van der Waals surface area contributed by atoms with Crippen molar-refractivity contribution in [1.82, 2.24) is 10.1 Å². The van der Waals surface area contributed by atoms with Gasteiger partial charge in [-0.3, -0.25) is 0 Å². The number of methoxy groups -OCH3 is 1. The van der Waals surface area contributed by atoms with Crippen molar-refractivity contribution < 1.29 is 22.4 Å². The van der Waals surface area contributed by atoms with Gasteiger partial charge in [-0.25, -0.2) is 13.1 Å². The maximum Gasteiger partial charge on any atom is 0.277 e. The van der Waals surface area contributed by atoms with Crippen LogP contribution < -0.4 is 4.72 Å². The van der Waals surface area contributed by atoms with Gasteiger partial charge < -0.3 is 14.0 Å². The minimum atomic E-state index is -3.63. The van der Waals surface area contributed by atoms with Gasteiger partial charge in [-0.15, -0.1) is 0 Å². The van der Waals surface area contributed by atoms with E-state index in [0.717, 1.165) is 6.42 Å². The van der Waals surface area contributed by atoms with Crippen molar-refractivity contribution in [2.45, 2.75) is 38.7 Å². The molecular weight excluding hydrogens is 310 g/mol. The van der Waals surface area contributed by atoms with Crippen LogP contribution in [0.3, 0.4) is 0 Å². The van der Waals surface area contributed by atoms with Gasteiger partial charge in [0, 0.05) is 25.0 Å². The highest BCUT2D eigenvalue weighted by Crippen LogP contribution is 2.23. The predicted octanol–water partition coefficient (Wildman–Crippen LogP) is 1.16. The predicted molar refractivity (Wildman–Crippen MR) is 80.1 cm³/mol. The lowest BCUT2D eigenvalue weighted by Gasteiger charge is -2.20. The molecule has 9 heteroatoms. The molecule has 0 bridgehead atoms. The van der Waals surface area contributed by atoms with E-state index in [0.29, 0.717) is 19.1 Å². The van der Waals surface area contributed by atoms with E-state index in [1.54, 1.807) is 0 Å². The summed E-state index contributed by atoms with van der Waals surface area (Å²) >= 11 is 0. The Bertz CT molecular complexity index is 587. The summed E-state index contributed by atoms with van der Waals surface area (Å²) in [5.41, 5.74) is -0.340. The minimum Gasteiger partial charge on any atom is -0.381 e. The molecule has 1 aromatic rings. The summed E-state index contributed by atoms with van der Waals surface area (Å²) in [6.07, 6.45) is 0.374. The van der Waals surface area contributed by atoms with E-state index in [9.17, 15) is 8.42 Å². The van der Waals surface area contributed by atoms with Crippen LogP contribution in [0.5, 0.6) is 0 Å². The average molecular weight is 333 g/mol. The second kappa shape index (κ2) is 6.51. The number of nitrogens with zero attached hydrogens (tertiary/aromatic N) is 2. The van der Waals surface area contributed by atoms with Gasteiger partial charge in [-0.05, 0) is 11.6 Å². The van der Waals surface area contributed by atoms with E-state index >= 15 is 0 Å². The number of rotatable bonds is 6. The first-order valence-electron chi connectivity index (χ1n) is 7.16. The molecule has 0 aliphatic carbocycles. The molecule has 1 aromatic heterocycles. The van der Waals surface area contributed by atoms with Crippen LogP contribution in [-0.4, -0.2) is 50.7 Å². The maximum atomic E-state index is 12.2. The molecule has 1 aliphatic heterocycles. The normalized spacial score (nSPS) is 21.0. The largest absolute Gasteiger partial charge is 0.381 e. The van der Waals surface area contributed by atoms with E-state index in [2.05, 4.69) is 14.9 Å². The van der Waals surface area contributed by atoms with Crippen LogP contribution in [0.4, 0.5) is 5.95 Å². The molecule has 2 atom stereocenters. The summed E-state index contributed by atoms with van der Waals surface area (Å²) in [5.74, 6) is 0.230. The smallest absolute Gasteiger partial charge is 0.277 e. The van der Waals surface area contributed by atoms with Crippen LogP contribution in [0.15, 0.2) is 4.52 Å². The molecule has 2 rings (SSSR count). The molecule has 0 spiro atoms. The van der Waals surface area contributed by atoms with E-state index in [-0.39, 0.29) is 23.0 Å². The highest BCUT2D eigenvalue weighted by molar-refractivity contribution is 7.92. The van der Waals surface area contributed by atoms with Crippen LogP contribution in [-0.2, 0) is 24.9 Å². The summed E-state index contributed by atoms with van der Waals surface area (Å²) in [6, 6.07) is 0. The fourth-order valence-electron chi connectivity index (χ4n) is 2.21. The molecule has 1 fully saturated rings. The lowest BCUT2D eigenvalue weighted by atomic mass is 9.97. The summed E-state index contributed by atoms with van der Waals surface area (Å²) in [5, 5.41) is 3.66. The van der Waals surface area contributed by atoms with Gasteiger partial charge in [0.1, 0.15) is 0 Å². The number of anilines is 1. The highest BCUT2D eigenvalue weighted by Gasteiger charge is 2.31. The molecule has 0 amide bonds. The topological polar surface area (TPSA) is 104 Å². The van der Waals surface area contributed by atoms with E-state index < -0.39 is 16.1 Å². The Hall–Kier alpha value is -1.19. The molecule has 1 saturated heterocycles. The first-order valence-corrected chi connectivity index (χ1v) is 8.82. The number of aromatic nitrogens is 2. The monoisotopic (exact) mass is 333 g/mol. The third-order valence-electron chi connectivity index (χ3n) is 3.49. The number of hydrogen-bond donors (Lipinski definition) is 1. The summed E-state index contributed by atoms with van der Waals surface area (Å²) in [7, 11) is -2.13. The summed E-state index contributed by atoms with van der Waals surface area (Å²) in [4.78, 5) is 4.06. The molecule has 0 saturated carbocycles. The zero-order valence-electron chi connectivity index (χ0n) is 13.3. The van der Waals surface area contributed by atoms with Crippen LogP contribution in [0, 0.1) is 5.92 Å². The molecule has 1 aliphatic rings. The highest BCUT2D eigenvalue weighted by atomic mass is 32.2. The first kappa shape index (κ1) is 17.2. The van der Waals surface area contributed by atoms with Gasteiger partial charge in [0.2, 0.25) is 15.9 Å². The Morgan fingerprint density at radius 1 is 1.45 bits per heavy atom. The van der Waals surface area contributed by atoms with Crippen molar-refractivity contribution in [3.05, 3.63) is 5.89 Å². The zero-order chi connectivity index (χ0) is 16.4. The SMILES string of the molecule is COC(CS(=O)(=O)Nc1noc(C(C)(C)C)n1)C1CCOC1. The second-order valence-corrected chi connectivity index (χ2v) is 8.22. The van der Waals surface area contributed by atoms with Gasteiger partial charge in [0.25, 0.3) is 5.95 Å². The molecule has 8 nitrogen and oxygen atoms in total. The van der Waals surface area contributed by atoms with Crippen molar-refractivity contribution in [2.24, 2.45) is 5.92 Å². The lowest BCUT2D eigenvalue weighted by molar-refractivity contribution is 0.0612. The van der Waals surface area contributed by atoms with Crippen molar-refractivity contribution in [3.63, 3.8) is 0 Å².